The minimum atomic E-state index is -3.62. The molecule has 4 rings (SSSR count). The summed E-state index contributed by atoms with van der Waals surface area (Å²) >= 11 is 0. The highest BCUT2D eigenvalue weighted by molar-refractivity contribution is 7.89. The molecule has 0 spiro atoms. The van der Waals surface area contributed by atoms with E-state index in [0.717, 1.165) is 16.8 Å². The highest BCUT2D eigenvalue weighted by atomic mass is 32.2. The van der Waals surface area contributed by atoms with E-state index in [2.05, 4.69) is 19.2 Å². The van der Waals surface area contributed by atoms with Crippen LogP contribution < -0.4 is 5.32 Å². The number of nitrogens with one attached hydrogen (secondary N) is 1. The molecule has 0 bridgehead atoms. The maximum absolute atomic E-state index is 13.1. The molecule has 0 fully saturated rings. The van der Waals surface area contributed by atoms with Crippen molar-refractivity contribution in [3.63, 3.8) is 0 Å². The molecule has 5 nitrogen and oxygen atoms in total. The Labute approximate surface area is 183 Å². The van der Waals surface area contributed by atoms with Crippen molar-refractivity contribution >= 4 is 21.6 Å². The zero-order valence-corrected chi connectivity index (χ0v) is 18.5. The molecule has 0 radical (unpaired) electrons. The van der Waals surface area contributed by atoms with E-state index < -0.39 is 10.0 Å². The topological polar surface area (TPSA) is 66.5 Å². The third-order valence-electron chi connectivity index (χ3n) is 5.68. The highest BCUT2D eigenvalue weighted by Gasteiger charge is 2.28. The van der Waals surface area contributed by atoms with E-state index >= 15 is 0 Å². The fourth-order valence-electron chi connectivity index (χ4n) is 3.91. The number of anilines is 1. The molecule has 31 heavy (non-hydrogen) atoms. The lowest BCUT2D eigenvalue weighted by atomic mass is 10.0. The van der Waals surface area contributed by atoms with Crippen LogP contribution in [0.5, 0.6) is 0 Å². The average molecular weight is 435 g/mol. The van der Waals surface area contributed by atoms with Gasteiger partial charge in [0.15, 0.2) is 0 Å². The molecule has 1 aliphatic heterocycles. The summed E-state index contributed by atoms with van der Waals surface area (Å²) in [5.74, 6) is 0.0163. The molecule has 6 heteroatoms. The Balaban J connectivity index is 1.51. The number of rotatable bonds is 5. The molecule has 0 aromatic heterocycles. The molecule has 0 saturated carbocycles. The monoisotopic (exact) mass is 434 g/mol. The number of para-hydroxylation sites is 1. The van der Waals surface area contributed by atoms with Crippen molar-refractivity contribution in [2.45, 2.75) is 37.6 Å². The van der Waals surface area contributed by atoms with Crippen LogP contribution in [0.4, 0.5) is 5.69 Å². The van der Waals surface area contributed by atoms with E-state index in [1.807, 2.05) is 48.5 Å². The Hall–Kier alpha value is -2.96. The van der Waals surface area contributed by atoms with Gasteiger partial charge in [0, 0.05) is 24.3 Å². The zero-order chi connectivity index (χ0) is 22.0. The Morgan fingerprint density at radius 3 is 2.26 bits per heavy atom. The smallest absolute Gasteiger partial charge is 0.255 e. The van der Waals surface area contributed by atoms with Crippen LogP contribution in [-0.2, 0) is 23.0 Å². The third-order valence-corrected chi connectivity index (χ3v) is 7.54. The van der Waals surface area contributed by atoms with Crippen molar-refractivity contribution < 1.29 is 13.2 Å². The molecule has 1 aliphatic rings. The summed E-state index contributed by atoms with van der Waals surface area (Å²) in [7, 11) is -3.62. The standard InChI is InChI=1S/C25H26N2O3S/c1-18(2)23-9-5-6-10-24(23)26-25(28)20-11-13-22(14-12-20)31(29,30)27-16-15-19-7-3-4-8-21(19)17-27/h3-14,18H,15-17H2,1-2H3,(H,26,28). The van der Waals surface area contributed by atoms with Crippen LogP contribution in [0.3, 0.4) is 0 Å². The molecule has 160 valence electrons. The van der Waals surface area contributed by atoms with E-state index in [1.165, 1.54) is 22.0 Å². The van der Waals surface area contributed by atoms with Crippen LogP contribution in [0.25, 0.3) is 0 Å². The molecule has 0 aliphatic carbocycles. The quantitative estimate of drug-likeness (QED) is 0.627. The molecule has 1 heterocycles. The minimum absolute atomic E-state index is 0.200. The SMILES string of the molecule is CC(C)c1ccccc1NC(=O)c1ccc(S(=O)(=O)N2CCc3ccccc3C2)cc1. The first-order valence-electron chi connectivity index (χ1n) is 10.4. The van der Waals surface area contributed by atoms with E-state index in [4.69, 9.17) is 0 Å². The number of hydrogen-bond acceptors (Lipinski definition) is 3. The number of carbonyl (C=O) groups is 1. The van der Waals surface area contributed by atoms with Crippen molar-refractivity contribution in [1.82, 2.24) is 4.31 Å². The molecule has 1 amide bonds. The number of nitrogens with zero attached hydrogens (tertiary/aromatic N) is 1. The number of benzene rings is 3. The zero-order valence-electron chi connectivity index (χ0n) is 17.7. The van der Waals surface area contributed by atoms with Gasteiger partial charge in [-0.15, -0.1) is 0 Å². The summed E-state index contributed by atoms with van der Waals surface area (Å²) in [6.45, 7) is 4.97. The van der Waals surface area contributed by atoms with Crippen molar-refractivity contribution in [2.75, 3.05) is 11.9 Å². The summed E-state index contributed by atoms with van der Waals surface area (Å²) < 4.78 is 27.7. The van der Waals surface area contributed by atoms with Gasteiger partial charge in [-0.3, -0.25) is 4.79 Å². The molecular weight excluding hydrogens is 408 g/mol. The molecule has 0 atom stereocenters. The van der Waals surface area contributed by atoms with Crippen LogP contribution in [0, 0.1) is 0 Å². The second-order valence-corrected chi connectivity index (χ2v) is 10.0. The number of carbonyl (C=O) groups excluding carboxylic acids is 1. The first-order valence-corrected chi connectivity index (χ1v) is 11.9. The Bertz CT molecular complexity index is 1200. The molecule has 0 unspecified atom stereocenters. The van der Waals surface area contributed by atoms with Gasteiger partial charge in [0.05, 0.1) is 4.90 Å². The van der Waals surface area contributed by atoms with E-state index in [1.54, 1.807) is 12.1 Å². The predicted molar refractivity (Wildman–Crippen MR) is 123 cm³/mol. The van der Waals surface area contributed by atoms with Gasteiger partial charge >= 0.3 is 0 Å². The fraction of sp³-hybridized carbons (Fsp3) is 0.240. The van der Waals surface area contributed by atoms with Crippen molar-refractivity contribution in [3.8, 4) is 0 Å². The molecule has 0 saturated heterocycles. The second-order valence-electron chi connectivity index (χ2n) is 8.08. The largest absolute Gasteiger partial charge is 0.322 e. The normalized spacial score (nSPS) is 14.3. The Kier molecular flexibility index (Phi) is 5.94. The van der Waals surface area contributed by atoms with Gasteiger partial charge in [0.2, 0.25) is 10.0 Å². The van der Waals surface area contributed by atoms with Gasteiger partial charge in [0.25, 0.3) is 5.91 Å². The van der Waals surface area contributed by atoms with Crippen LogP contribution in [0.1, 0.15) is 46.8 Å². The lowest BCUT2D eigenvalue weighted by Gasteiger charge is -2.28. The Morgan fingerprint density at radius 1 is 0.903 bits per heavy atom. The summed E-state index contributed by atoms with van der Waals surface area (Å²) in [5, 5.41) is 2.94. The Morgan fingerprint density at radius 2 is 1.55 bits per heavy atom. The van der Waals surface area contributed by atoms with E-state index in [9.17, 15) is 13.2 Å². The fourth-order valence-corrected chi connectivity index (χ4v) is 5.33. The van der Waals surface area contributed by atoms with Crippen LogP contribution >= 0.6 is 0 Å². The number of fused-ring (bicyclic) bond motifs is 1. The van der Waals surface area contributed by atoms with Crippen molar-refractivity contribution in [3.05, 3.63) is 95.1 Å². The minimum Gasteiger partial charge on any atom is -0.322 e. The van der Waals surface area contributed by atoms with Crippen molar-refractivity contribution in [1.29, 1.82) is 0 Å². The van der Waals surface area contributed by atoms with Gasteiger partial charge in [-0.05, 0) is 59.4 Å². The number of amides is 1. The van der Waals surface area contributed by atoms with Crippen LogP contribution in [0.2, 0.25) is 0 Å². The van der Waals surface area contributed by atoms with Gasteiger partial charge in [0.1, 0.15) is 0 Å². The maximum Gasteiger partial charge on any atom is 0.255 e. The summed E-state index contributed by atoms with van der Waals surface area (Å²) in [6, 6.07) is 21.8. The summed E-state index contributed by atoms with van der Waals surface area (Å²) in [5.41, 5.74) is 4.48. The third kappa shape index (κ3) is 4.40. The highest BCUT2D eigenvalue weighted by Crippen LogP contribution is 2.26. The average Bonchev–Trinajstić information content (AvgIpc) is 2.79. The lowest BCUT2D eigenvalue weighted by Crippen LogP contribution is -2.35. The summed E-state index contributed by atoms with van der Waals surface area (Å²) in [4.78, 5) is 12.9. The first-order chi connectivity index (χ1) is 14.9. The van der Waals surface area contributed by atoms with Crippen LogP contribution in [0.15, 0.2) is 77.7 Å². The molecule has 3 aromatic carbocycles. The van der Waals surface area contributed by atoms with Gasteiger partial charge in [-0.25, -0.2) is 8.42 Å². The second kappa shape index (κ2) is 8.65. The van der Waals surface area contributed by atoms with E-state index in [0.29, 0.717) is 25.1 Å². The maximum atomic E-state index is 13.1. The number of sulfonamides is 1. The molecular formula is C25H26N2O3S. The first kappa shape index (κ1) is 21.3. The van der Waals surface area contributed by atoms with Crippen LogP contribution in [-0.4, -0.2) is 25.2 Å². The number of hydrogen-bond donors (Lipinski definition) is 1. The van der Waals surface area contributed by atoms with E-state index in [-0.39, 0.29) is 16.7 Å². The van der Waals surface area contributed by atoms with Gasteiger partial charge in [-0.1, -0.05) is 56.3 Å². The lowest BCUT2D eigenvalue weighted by molar-refractivity contribution is 0.102. The van der Waals surface area contributed by atoms with Gasteiger partial charge < -0.3 is 5.32 Å². The predicted octanol–water partition coefficient (Wildman–Crippen LogP) is 4.81. The molecule has 1 N–H and O–H groups in total. The summed E-state index contributed by atoms with van der Waals surface area (Å²) in [6.07, 6.45) is 0.700. The van der Waals surface area contributed by atoms with Gasteiger partial charge in [-0.2, -0.15) is 4.31 Å². The van der Waals surface area contributed by atoms with Crippen molar-refractivity contribution in [2.24, 2.45) is 0 Å². The molecule has 3 aromatic rings.